The minimum absolute atomic E-state index is 0.0897. The Morgan fingerprint density at radius 1 is 1.26 bits per heavy atom. The highest BCUT2D eigenvalue weighted by Gasteiger charge is 2.20. The van der Waals surface area contributed by atoms with Crippen molar-refractivity contribution in [2.75, 3.05) is 7.11 Å². The van der Waals surface area contributed by atoms with Crippen LogP contribution in [0.25, 0.3) is 11.3 Å². The normalized spacial score (nSPS) is 10.3. The molecule has 0 atom stereocenters. The molecule has 0 bridgehead atoms. The van der Waals surface area contributed by atoms with Gasteiger partial charge in [-0.05, 0) is 34.2 Å². The third-order valence-corrected chi connectivity index (χ3v) is 3.28. The molecule has 2 rings (SSSR count). The lowest BCUT2D eigenvalue weighted by Gasteiger charge is -2.04. The van der Waals surface area contributed by atoms with Crippen molar-refractivity contribution in [3.8, 4) is 17.0 Å². The van der Waals surface area contributed by atoms with Gasteiger partial charge in [0, 0.05) is 5.56 Å². The van der Waals surface area contributed by atoms with Crippen molar-refractivity contribution in [3.63, 3.8) is 0 Å². The summed E-state index contributed by atoms with van der Waals surface area (Å²) in [6, 6.07) is 8.07. The second-order valence-electron chi connectivity index (χ2n) is 3.58. The van der Waals surface area contributed by atoms with Crippen LogP contribution in [0.2, 0.25) is 10.0 Å². The van der Waals surface area contributed by atoms with Gasteiger partial charge in [0.15, 0.2) is 5.69 Å². The molecule has 0 saturated carbocycles. The van der Waals surface area contributed by atoms with E-state index >= 15 is 0 Å². The molecule has 0 aliphatic carbocycles. The predicted molar refractivity (Wildman–Crippen MR) is 72.9 cm³/mol. The third kappa shape index (κ3) is 2.62. The van der Waals surface area contributed by atoms with Crippen molar-refractivity contribution in [1.29, 1.82) is 0 Å². The maximum atomic E-state index is 10.9. The Labute approximate surface area is 118 Å². The quantitative estimate of drug-likeness (QED) is 0.635. The van der Waals surface area contributed by atoms with Crippen molar-refractivity contribution in [2.45, 2.75) is 0 Å². The van der Waals surface area contributed by atoms with Crippen LogP contribution in [0.4, 0.5) is 5.82 Å². The van der Waals surface area contributed by atoms with Gasteiger partial charge in [0.25, 0.3) is 0 Å². The number of rotatable bonds is 3. The van der Waals surface area contributed by atoms with Gasteiger partial charge in [-0.25, -0.2) is 0 Å². The number of halogens is 2. The standard InChI is InChI=1S/C12H8Cl2N2O3/c1-19-10-6-5-9(15-12(10)16(17)18)7-3-2-4-8(13)11(7)14/h2-6H,1H3. The first-order valence-electron chi connectivity index (χ1n) is 5.18. The SMILES string of the molecule is COc1ccc(-c2cccc(Cl)c2Cl)nc1[N+](=O)[O-]. The highest BCUT2D eigenvalue weighted by molar-refractivity contribution is 6.43. The molecule has 0 amide bonds. The molecule has 1 aromatic heterocycles. The van der Waals surface area contributed by atoms with Crippen molar-refractivity contribution >= 4 is 29.0 Å². The lowest BCUT2D eigenvalue weighted by atomic mass is 10.1. The van der Waals surface area contributed by atoms with Crippen molar-refractivity contribution in [1.82, 2.24) is 4.98 Å². The first kappa shape index (κ1) is 13.6. The first-order valence-corrected chi connectivity index (χ1v) is 5.94. The van der Waals surface area contributed by atoms with E-state index in [1.807, 2.05) is 0 Å². The number of ether oxygens (including phenoxy) is 1. The van der Waals surface area contributed by atoms with Gasteiger partial charge < -0.3 is 14.9 Å². The van der Waals surface area contributed by atoms with Crippen LogP contribution < -0.4 is 4.74 Å². The summed E-state index contributed by atoms with van der Waals surface area (Å²) in [5.41, 5.74) is 0.889. The van der Waals surface area contributed by atoms with E-state index in [1.165, 1.54) is 13.2 Å². The lowest BCUT2D eigenvalue weighted by Crippen LogP contribution is -1.98. The fraction of sp³-hybridized carbons (Fsp3) is 0.0833. The summed E-state index contributed by atoms with van der Waals surface area (Å²) in [7, 11) is 1.34. The van der Waals surface area contributed by atoms with Crippen LogP contribution in [-0.4, -0.2) is 17.0 Å². The number of aromatic nitrogens is 1. The van der Waals surface area contributed by atoms with Gasteiger partial charge in [-0.15, -0.1) is 0 Å². The van der Waals surface area contributed by atoms with Gasteiger partial charge in [0.2, 0.25) is 5.75 Å². The highest BCUT2D eigenvalue weighted by Crippen LogP contribution is 2.35. The number of hydrogen-bond acceptors (Lipinski definition) is 4. The van der Waals surface area contributed by atoms with Gasteiger partial charge in [-0.3, -0.25) is 0 Å². The molecule has 1 aromatic carbocycles. The van der Waals surface area contributed by atoms with Gasteiger partial charge in [0.05, 0.1) is 17.2 Å². The Bertz CT molecular complexity index is 647. The van der Waals surface area contributed by atoms with Crippen LogP contribution in [0.1, 0.15) is 0 Å². The molecule has 0 aliphatic heterocycles. The zero-order chi connectivity index (χ0) is 14.0. The number of benzene rings is 1. The summed E-state index contributed by atoms with van der Waals surface area (Å²) in [4.78, 5) is 14.3. The van der Waals surface area contributed by atoms with Gasteiger partial charge >= 0.3 is 5.82 Å². The van der Waals surface area contributed by atoms with Crippen LogP contribution in [0.5, 0.6) is 5.75 Å². The van der Waals surface area contributed by atoms with Crippen LogP contribution in [0, 0.1) is 10.1 Å². The second-order valence-corrected chi connectivity index (χ2v) is 4.37. The molecule has 0 saturated heterocycles. The summed E-state index contributed by atoms with van der Waals surface area (Å²) >= 11 is 12.0. The van der Waals surface area contributed by atoms with Gasteiger partial charge in [-0.2, -0.15) is 0 Å². The monoisotopic (exact) mass is 298 g/mol. The second kappa shape index (κ2) is 5.42. The summed E-state index contributed by atoms with van der Waals surface area (Å²) in [5, 5.41) is 11.6. The molecule has 19 heavy (non-hydrogen) atoms. The average Bonchev–Trinajstić information content (AvgIpc) is 2.41. The molecule has 0 unspecified atom stereocenters. The smallest absolute Gasteiger partial charge is 0.406 e. The van der Waals surface area contributed by atoms with Crippen molar-refractivity contribution < 1.29 is 9.66 Å². The molecular weight excluding hydrogens is 291 g/mol. The highest BCUT2D eigenvalue weighted by atomic mass is 35.5. The van der Waals surface area contributed by atoms with Crippen molar-refractivity contribution in [3.05, 3.63) is 50.5 Å². The molecule has 98 valence electrons. The van der Waals surface area contributed by atoms with E-state index in [1.54, 1.807) is 24.3 Å². The Hall–Kier alpha value is -1.85. The Balaban J connectivity index is 2.61. The molecule has 0 fully saturated rings. The van der Waals surface area contributed by atoms with E-state index in [0.717, 1.165) is 0 Å². The average molecular weight is 299 g/mol. The third-order valence-electron chi connectivity index (χ3n) is 2.46. The molecule has 2 aromatic rings. The summed E-state index contributed by atoms with van der Waals surface area (Å²) in [6.45, 7) is 0. The first-order chi connectivity index (χ1) is 9.04. The fourth-order valence-corrected chi connectivity index (χ4v) is 1.97. The van der Waals surface area contributed by atoms with E-state index in [4.69, 9.17) is 27.9 Å². The Morgan fingerprint density at radius 3 is 2.63 bits per heavy atom. The molecule has 7 heteroatoms. The summed E-state index contributed by atoms with van der Waals surface area (Å²) in [5.74, 6) is -0.275. The van der Waals surface area contributed by atoms with E-state index in [2.05, 4.69) is 4.98 Å². The largest absolute Gasteiger partial charge is 0.489 e. The number of nitro groups is 1. The van der Waals surface area contributed by atoms with Crippen LogP contribution >= 0.6 is 23.2 Å². The van der Waals surface area contributed by atoms with Gasteiger partial charge in [0.1, 0.15) is 0 Å². The number of hydrogen-bond donors (Lipinski definition) is 0. The van der Waals surface area contributed by atoms with Crippen LogP contribution in [0.15, 0.2) is 30.3 Å². The lowest BCUT2D eigenvalue weighted by molar-refractivity contribution is -0.390. The number of pyridine rings is 1. The van der Waals surface area contributed by atoms with E-state index in [9.17, 15) is 10.1 Å². The molecule has 1 heterocycles. The zero-order valence-electron chi connectivity index (χ0n) is 9.76. The van der Waals surface area contributed by atoms with E-state index < -0.39 is 4.92 Å². The number of methoxy groups -OCH3 is 1. The Morgan fingerprint density at radius 2 is 2.00 bits per heavy atom. The molecular formula is C12H8Cl2N2O3. The summed E-state index contributed by atoms with van der Waals surface area (Å²) < 4.78 is 4.89. The van der Waals surface area contributed by atoms with E-state index in [-0.39, 0.29) is 11.6 Å². The minimum atomic E-state index is -0.610. The molecule has 0 N–H and O–H groups in total. The fourth-order valence-electron chi connectivity index (χ4n) is 1.58. The molecule has 0 aliphatic rings. The summed E-state index contributed by atoms with van der Waals surface area (Å²) in [6.07, 6.45) is 0. The van der Waals surface area contributed by atoms with Gasteiger partial charge in [-0.1, -0.05) is 29.3 Å². The molecule has 5 nitrogen and oxygen atoms in total. The maximum absolute atomic E-state index is 10.9. The zero-order valence-corrected chi connectivity index (χ0v) is 11.3. The van der Waals surface area contributed by atoms with Crippen LogP contribution in [-0.2, 0) is 0 Å². The molecule has 0 radical (unpaired) electrons. The Kier molecular flexibility index (Phi) is 3.87. The minimum Gasteiger partial charge on any atom is -0.489 e. The van der Waals surface area contributed by atoms with E-state index in [0.29, 0.717) is 21.3 Å². The van der Waals surface area contributed by atoms with Crippen molar-refractivity contribution in [2.24, 2.45) is 0 Å². The number of nitrogens with zero attached hydrogens (tertiary/aromatic N) is 2. The topological polar surface area (TPSA) is 65.3 Å². The van der Waals surface area contributed by atoms with Crippen LogP contribution in [0.3, 0.4) is 0 Å². The maximum Gasteiger partial charge on any atom is 0.406 e. The predicted octanol–water partition coefficient (Wildman–Crippen LogP) is 3.97. The molecule has 0 spiro atoms.